The van der Waals surface area contributed by atoms with Crippen LogP contribution >= 0.6 is 11.6 Å². The molecular weight excluding hydrogens is 296 g/mol. The Morgan fingerprint density at radius 2 is 1.95 bits per heavy atom. The van der Waals surface area contributed by atoms with Gasteiger partial charge in [0.15, 0.2) is 0 Å². The van der Waals surface area contributed by atoms with Crippen LogP contribution < -0.4 is 5.32 Å². The van der Waals surface area contributed by atoms with E-state index in [0.29, 0.717) is 12.6 Å². The fourth-order valence-corrected chi connectivity index (χ4v) is 2.58. The maximum atomic E-state index is 5.93. The van der Waals surface area contributed by atoms with Crippen molar-refractivity contribution in [2.45, 2.75) is 45.6 Å². The number of halogens is 1. The molecule has 0 aliphatic heterocycles. The Labute approximate surface area is 138 Å². The Balaban J connectivity index is 1.96. The summed E-state index contributed by atoms with van der Waals surface area (Å²) in [7, 11) is 0. The van der Waals surface area contributed by atoms with Gasteiger partial charge in [0, 0.05) is 17.6 Å². The van der Waals surface area contributed by atoms with E-state index in [2.05, 4.69) is 30.4 Å². The molecule has 0 aromatic heterocycles. The normalized spacial score (nSPS) is 19.1. The molecule has 0 spiro atoms. The van der Waals surface area contributed by atoms with Crippen LogP contribution in [0.1, 0.15) is 45.1 Å². The lowest BCUT2D eigenvalue weighted by atomic mass is 9.91. The van der Waals surface area contributed by atoms with E-state index in [1.807, 2.05) is 24.3 Å². The van der Waals surface area contributed by atoms with Gasteiger partial charge in [-0.25, -0.2) is 0 Å². The number of nitrogens with one attached hydrogen (secondary N) is 1. The van der Waals surface area contributed by atoms with Crippen molar-refractivity contribution in [1.29, 1.82) is 0 Å². The van der Waals surface area contributed by atoms with E-state index in [-0.39, 0.29) is 0 Å². The minimum Gasteiger partial charge on any atom is -0.394 e. The lowest BCUT2D eigenvalue weighted by Gasteiger charge is -2.16. The van der Waals surface area contributed by atoms with Crippen molar-refractivity contribution in [3.05, 3.63) is 40.4 Å². The second kappa shape index (κ2) is 8.96. The number of hydrogen-bond donors (Lipinski definition) is 1. The molecule has 0 heterocycles. The maximum Gasteiger partial charge on any atom is 0.129 e. The lowest BCUT2D eigenvalue weighted by Crippen LogP contribution is -2.26. The number of hydrogen-bond acceptors (Lipinski definition) is 3. The largest absolute Gasteiger partial charge is 0.394 e. The van der Waals surface area contributed by atoms with Crippen LogP contribution in [0, 0.1) is 0 Å². The predicted octanol–water partition coefficient (Wildman–Crippen LogP) is 4.67. The fourth-order valence-electron chi connectivity index (χ4n) is 2.45. The van der Waals surface area contributed by atoms with Gasteiger partial charge >= 0.3 is 0 Å². The molecule has 0 amide bonds. The first kappa shape index (κ1) is 17.0. The molecule has 0 radical (unpaired) electrons. The highest BCUT2D eigenvalue weighted by Crippen LogP contribution is 2.24. The van der Waals surface area contributed by atoms with Gasteiger partial charge in [0.2, 0.25) is 0 Å². The molecule has 120 valence electrons. The minimum atomic E-state index is 0.478. The molecule has 3 nitrogen and oxygen atoms in total. The van der Waals surface area contributed by atoms with Crippen LogP contribution in [0.4, 0.5) is 0 Å². The summed E-state index contributed by atoms with van der Waals surface area (Å²) >= 11 is 5.93. The van der Waals surface area contributed by atoms with Crippen LogP contribution in [0.5, 0.6) is 0 Å². The van der Waals surface area contributed by atoms with Crippen LogP contribution in [0.25, 0.3) is 6.08 Å². The molecule has 22 heavy (non-hydrogen) atoms. The van der Waals surface area contributed by atoms with Crippen molar-refractivity contribution in [1.82, 2.24) is 5.32 Å². The number of allylic oxidation sites excluding steroid dienone is 1. The molecule has 0 unspecified atom stereocenters. The molecule has 4 heteroatoms. The lowest BCUT2D eigenvalue weighted by molar-refractivity contribution is 0.143. The third-order valence-electron chi connectivity index (χ3n) is 3.61. The van der Waals surface area contributed by atoms with Crippen molar-refractivity contribution in [3.63, 3.8) is 0 Å². The van der Waals surface area contributed by atoms with Gasteiger partial charge in [-0.1, -0.05) is 42.7 Å². The van der Waals surface area contributed by atoms with Crippen molar-refractivity contribution in [3.8, 4) is 0 Å². The molecule has 1 N–H and O–H groups in total. The van der Waals surface area contributed by atoms with Crippen LogP contribution in [0.15, 0.2) is 35.0 Å². The molecule has 1 aliphatic carbocycles. The summed E-state index contributed by atoms with van der Waals surface area (Å²) in [4.78, 5) is 5.47. The van der Waals surface area contributed by atoms with E-state index in [0.717, 1.165) is 35.7 Å². The molecule has 1 aromatic rings. The van der Waals surface area contributed by atoms with Crippen LogP contribution in [0.2, 0.25) is 5.02 Å². The van der Waals surface area contributed by atoms with E-state index < -0.39 is 0 Å². The molecule has 1 fully saturated rings. The van der Waals surface area contributed by atoms with Crippen molar-refractivity contribution < 1.29 is 4.84 Å². The predicted molar refractivity (Wildman–Crippen MR) is 94.4 cm³/mol. The topological polar surface area (TPSA) is 33.6 Å². The second-order valence-corrected chi connectivity index (χ2v) is 6.34. The van der Waals surface area contributed by atoms with E-state index in [1.54, 1.807) is 0 Å². The molecule has 1 aromatic carbocycles. The highest BCUT2D eigenvalue weighted by Gasteiger charge is 2.14. The Bertz CT molecular complexity index is 520. The van der Waals surface area contributed by atoms with Crippen LogP contribution in [0.3, 0.4) is 0 Å². The van der Waals surface area contributed by atoms with Gasteiger partial charge < -0.3 is 10.2 Å². The number of oxime groups is 1. The SMILES string of the molecule is CC(C)NCCO/N=C1\CCCC\C1=C/c1ccc(Cl)cc1. The zero-order valence-corrected chi connectivity index (χ0v) is 14.2. The number of nitrogens with zero attached hydrogens (tertiary/aromatic N) is 1. The Hall–Kier alpha value is -1.32. The van der Waals surface area contributed by atoms with Crippen molar-refractivity contribution in [2.24, 2.45) is 5.16 Å². The summed E-state index contributed by atoms with van der Waals surface area (Å²) in [6.45, 7) is 5.68. The summed E-state index contributed by atoms with van der Waals surface area (Å²) in [5.41, 5.74) is 3.53. The summed E-state index contributed by atoms with van der Waals surface area (Å²) in [5, 5.41) is 8.44. The van der Waals surface area contributed by atoms with Crippen molar-refractivity contribution in [2.75, 3.05) is 13.2 Å². The zero-order chi connectivity index (χ0) is 15.8. The van der Waals surface area contributed by atoms with E-state index in [4.69, 9.17) is 16.4 Å². The van der Waals surface area contributed by atoms with Gasteiger partial charge in [-0.15, -0.1) is 0 Å². The summed E-state index contributed by atoms with van der Waals surface area (Å²) in [6, 6.07) is 8.39. The molecular formula is C18H25ClN2O. The Morgan fingerprint density at radius 1 is 1.23 bits per heavy atom. The van der Waals surface area contributed by atoms with Gasteiger partial charge in [-0.05, 0) is 55.0 Å². The van der Waals surface area contributed by atoms with E-state index >= 15 is 0 Å². The smallest absolute Gasteiger partial charge is 0.129 e. The third kappa shape index (κ3) is 5.82. The standard InChI is InChI=1S/C18H25ClN2O/c1-14(2)20-11-12-22-21-18-6-4-3-5-16(18)13-15-7-9-17(19)10-8-15/h7-10,13-14,20H,3-6,11-12H2,1-2H3/b16-13+,21-18+. The van der Waals surface area contributed by atoms with Crippen molar-refractivity contribution >= 4 is 23.4 Å². The second-order valence-electron chi connectivity index (χ2n) is 5.91. The zero-order valence-electron chi connectivity index (χ0n) is 13.4. The average molecular weight is 321 g/mol. The van der Waals surface area contributed by atoms with Crippen LogP contribution in [-0.4, -0.2) is 24.9 Å². The number of rotatable bonds is 6. The van der Waals surface area contributed by atoms with Gasteiger partial charge in [-0.2, -0.15) is 0 Å². The quantitative estimate of drug-likeness (QED) is 0.610. The van der Waals surface area contributed by atoms with E-state index in [9.17, 15) is 0 Å². The van der Waals surface area contributed by atoms with E-state index in [1.165, 1.54) is 18.4 Å². The average Bonchev–Trinajstić information content (AvgIpc) is 2.50. The minimum absolute atomic E-state index is 0.478. The molecule has 0 bridgehead atoms. The summed E-state index contributed by atoms with van der Waals surface area (Å²) in [5.74, 6) is 0. The summed E-state index contributed by atoms with van der Waals surface area (Å²) in [6.07, 6.45) is 6.66. The van der Waals surface area contributed by atoms with Gasteiger partial charge in [0.05, 0.1) is 5.71 Å². The van der Waals surface area contributed by atoms with Crippen LogP contribution in [-0.2, 0) is 4.84 Å². The van der Waals surface area contributed by atoms with Gasteiger partial charge in [-0.3, -0.25) is 0 Å². The first-order valence-corrected chi connectivity index (χ1v) is 8.41. The Morgan fingerprint density at radius 3 is 2.68 bits per heavy atom. The maximum absolute atomic E-state index is 5.93. The highest BCUT2D eigenvalue weighted by molar-refractivity contribution is 6.30. The monoisotopic (exact) mass is 320 g/mol. The molecule has 2 rings (SSSR count). The highest BCUT2D eigenvalue weighted by atomic mass is 35.5. The Kier molecular flexibility index (Phi) is 6.94. The van der Waals surface area contributed by atoms with Gasteiger partial charge in [0.25, 0.3) is 0 Å². The number of benzene rings is 1. The fraction of sp³-hybridized carbons (Fsp3) is 0.500. The molecule has 0 saturated heterocycles. The summed E-state index contributed by atoms with van der Waals surface area (Å²) < 4.78 is 0. The first-order chi connectivity index (χ1) is 10.6. The molecule has 1 aliphatic rings. The molecule has 1 saturated carbocycles. The molecule has 0 atom stereocenters. The van der Waals surface area contributed by atoms with Gasteiger partial charge in [0.1, 0.15) is 6.61 Å². The first-order valence-electron chi connectivity index (χ1n) is 8.04. The third-order valence-corrected chi connectivity index (χ3v) is 3.86.